The van der Waals surface area contributed by atoms with Gasteiger partial charge >= 0.3 is 0 Å². The van der Waals surface area contributed by atoms with Crippen molar-refractivity contribution in [3.63, 3.8) is 0 Å². The van der Waals surface area contributed by atoms with E-state index in [9.17, 15) is 14.4 Å². The van der Waals surface area contributed by atoms with Gasteiger partial charge < -0.3 is 0 Å². The van der Waals surface area contributed by atoms with E-state index in [0.29, 0.717) is 24.2 Å². The molecule has 5 atom stereocenters. The second-order valence-corrected chi connectivity index (χ2v) is 8.00. The molecule has 0 amide bonds. The van der Waals surface area contributed by atoms with Gasteiger partial charge in [-0.15, -0.1) is 5.73 Å². The number of rotatable bonds is 1. The number of carbonyl (C=O) groups excluding carboxylic acids is 3. The van der Waals surface area contributed by atoms with E-state index in [2.05, 4.69) is 19.2 Å². The average molecular weight is 322 g/mol. The molecule has 3 fully saturated rings. The van der Waals surface area contributed by atoms with Crippen LogP contribution < -0.4 is 0 Å². The van der Waals surface area contributed by atoms with E-state index < -0.39 is 5.41 Å². The van der Waals surface area contributed by atoms with Gasteiger partial charge in [0.15, 0.2) is 11.6 Å². The first-order chi connectivity index (χ1) is 11.4. The molecule has 0 bridgehead atoms. The Morgan fingerprint density at radius 3 is 2.79 bits per heavy atom. The highest BCUT2D eigenvalue weighted by atomic mass is 16.1. The molecule has 4 aliphatic carbocycles. The zero-order chi connectivity index (χ0) is 17.1. The number of hydrogen-bond donors (Lipinski definition) is 0. The summed E-state index contributed by atoms with van der Waals surface area (Å²) in [6, 6.07) is 0. The fraction of sp³-hybridized carbons (Fsp3) is 0.524. The van der Waals surface area contributed by atoms with Crippen LogP contribution in [0.4, 0.5) is 0 Å². The average Bonchev–Trinajstić information content (AvgIpc) is 2.85. The molecule has 0 aromatic rings. The van der Waals surface area contributed by atoms with E-state index in [0.717, 1.165) is 19.3 Å². The van der Waals surface area contributed by atoms with Gasteiger partial charge in [0.1, 0.15) is 5.78 Å². The van der Waals surface area contributed by atoms with E-state index in [-0.39, 0.29) is 34.7 Å². The van der Waals surface area contributed by atoms with Crippen LogP contribution in [0.15, 0.2) is 42.2 Å². The van der Waals surface area contributed by atoms with Gasteiger partial charge in [-0.05, 0) is 55.2 Å². The summed E-state index contributed by atoms with van der Waals surface area (Å²) in [5.41, 5.74) is 2.64. The topological polar surface area (TPSA) is 51.2 Å². The number of allylic oxidation sites excluding steroid dienone is 5. The third kappa shape index (κ3) is 1.82. The van der Waals surface area contributed by atoms with Crippen molar-refractivity contribution in [2.24, 2.45) is 28.6 Å². The summed E-state index contributed by atoms with van der Waals surface area (Å²) in [5.74, 6) is 0.995. The predicted molar refractivity (Wildman–Crippen MR) is 90.0 cm³/mol. The first kappa shape index (κ1) is 15.5. The molecule has 0 N–H and O–H groups in total. The zero-order valence-corrected chi connectivity index (χ0v) is 14.0. The van der Waals surface area contributed by atoms with Crippen molar-refractivity contribution in [2.75, 3.05) is 0 Å². The maximum atomic E-state index is 12.9. The maximum Gasteiger partial charge on any atom is 0.178 e. The van der Waals surface area contributed by atoms with Crippen molar-refractivity contribution in [2.45, 2.75) is 39.0 Å². The van der Waals surface area contributed by atoms with Crippen molar-refractivity contribution in [3.8, 4) is 0 Å². The van der Waals surface area contributed by atoms with Crippen molar-refractivity contribution in [1.29, 1.82) is 0 Å². The lowest BCUT2D eigenvalue weighted by Crippen LogP contribution is -2.52. The Kier molecular flexibility index (Phi) is 3.24. The second kappa shape index (κ2) is 5.00. The molecule has 1 unspecified atom stereocenters. The number of hydrogen-bond acceptors (Lipinski definition) is 3. The molecule has 4 rings (SSSR count). The van der Waals surface area contributed by atoms with Crippen LogP contribution >= 0.6 is 0 Å². The van der Waals surface area contributed by atoms with E-state index in [4.69, 9.17) is 0 Å². The lowest BCUT2D eigenvalue weighted by molar-refractivity contribution is -0.135. The first-order valence-electron chi connectivity index (χ1n) is 8.81. The fourth-order valence-corrected chi connectivity index (χ4v) is 5.93. The molecule has 24 heavy (non-hydrogen) atoms. The SMILES string of the molecule is C=C=CC12C=CC(=O)C=C1C(=O)C[C@@H]1[C@@H]2CC[C@]2(C)C(=O)CC[C@@H]12. The molecule has 0 aromatic carbocycles. The summed E-state index contributed by atoms with van der Waals surface area (Å²) in [5, 5.41) is 0. The van der Waals surface area contributed by atoms with Crippen molar-refractivity contribution in [3.05, 3.63) is 42.2 Å². The molecular weight excluding hydrogens is 300 g/mol. The molecule has 3 saturated carbocycles. The Morgan fingerprint density at radius 2 is 2.04 bits per heavy atom. The number of ketones is 3. The van der Waals surface area contributed by atoms with Gasteiger partial charge in [-0.25, -0.2) is 0 Å². The highest BCUT2D eigenvalue weighted by Gasteiger charge is 2.60. The maximum absolute atomic E-state index is 12.9. The van der Waals surface area contributed by atoms with Gasteiger partial charge in [0.25, 0.3) is 0 Å². The van der Waals surface area contributed by atoms with Crippen LogP contribution in [0.3, 0.4) is 0 Å². The monoisotopic (exact) mass is 322 g/mol. The van der Waals surface area contributed by atoms with E-state index in [1.807, 2.05) is 12.2 Å². The third-order valence-corrected chi connectivity index (χ3v) is 7.10. The van der Waals surface area contributed by atoms with Gasteiger partial charge in [0.2, 0.25) is 0 Å². The van der Waals surface area contributed by atoms with Crippen LogP contribution in [0.1, 0.15) is 39.0 Å². The van der Waals surface area contributed by atoms with Crippen molar-refractivity contribution in [1.82, 2.24) is 0 Å². The van der Waals surface area contributed by atoms with Gasteiger partial charge in [-0.2, -0.15) is 0 Å². The number of fused-ring (bicyclic) bond motifs is 5. The van der Waals surface area contributed by atoms with Crippen LogP contribution in [-0.2, 0) is 14.4 Å². The van der Waals surface area contributed by atoms with Crippen LogP contribution in [0.25, 0.3) is 0 Å². The summed E-state index contributed by atoms with van der Waals surface area (Å²) in [7, 11) is 0. The fourth-order valence-electron chi connectivity index (χ4n) is 5.93. The molecule has 4 aliphatic rings. The van der Waals surface area contributed by atoms with Gasteiger partial charge in [0.05, 0.1) is 0 Å². The van der Waals surface area contributed by atoms with Crippen LogP contribution in [0.5, 0.6) is 0 Å². The number of carbonyl (C=O) groups is 3. The first-order valence-corrected chi connectivity index (χ1v) is 8.81. The van der Waals surface area contributed by atoms with Crippen LogP contribution in [-0.4, -0.2) is 17.3 Å². The van der Waals surface area contributed by atoms with Crippen LogP contribution in [0.2, 0.25) is 0 Å². The summed E-state index contributed by atoms with van der Waals surface area (Å²) < 4.78 is 0. The Hall–Kier alpha value is -1.99. The minimum Gasteiger partial charge on any atom is -0.299 e. The molecular formula is C21H22O3. The quantitative estimate of drug-likeness (QED) is 0.696. The summed E-state index contributed by atoms with van der Waals surface area (Å²) in [6.45, 7) is 5.82. The van der Waals surface area contributed by atoms with Crippen molar-refractivity contribution >= 4 is 17.3 Å². The lowest BCUT2D eigenvalue weighted by atomic mass is 9.48. The smallest absolute Gasteiger partial charge is 0.178 e. The molecule has 3 nitrogen and oxygen atoms in total. The lowest BCUT2D eigenvalue weighted by Gasteiger charge is -2.54. The Labute approximate surface area is 142 Å². The normalized spacial score (nSPS) is 43.5. The molecule has 0 aromatic heterocycles. The predicted octanol–water partition coefficient (Wildman–Crippen LogP) is 3.36. The minimum atomic E-state index is -0.567. The highest BCUT2D eigenvalue weighted by molar-refractivity contribution is 6.10. The van der Waals surface area contributed by atoms with Gasteiger partial charge in [-0.1, -0.05) is 19.6 Å². The van der Waals surface area contributed by atoms with Gasteiger partial charge in [-0.3, -0.25) is 14.4 Å². The Bertz CT molecular complexity index is 764. The zero-order valence-electron chi connectivity index (χ0n) is 14.0. The second-order valence-electron chi connectivity index (χ2n) is 8.00. The van der Waals surface area contributed by atoms with Crippen LogP contribution in [0, 0.1) is 28.6 Å². The van der Waals surface area contributed by atoms with E-state index in [1.165, 1.54) is 6.08 Å². The highest BCUT2D eigenvalue weighted by Crippen LogP contribution is 2.63. The van der Waals surface area contributed by atoms with Crippen molar-refractivity contribution < 1.29 is 14.4 Å². The summed E-state index contributed by atoms with van der Waals surface area (Å²) in [4.78, 5) is 37.1. The Balaban J connectivity index is 1.84. The molecule has 124 valence electrons. The van der Waals surface area contributed by atoms with E-state index in [1.54, 1.807) is 6.08 Å². The Morgan fingerprint density at radius 1 is 1.25 bits per heavy atom. The molecule has 0 saturated heterocycles. The number of Topliss-reactive ketones (excluding diaryl/α,β-unsaturated/α-hetero) is 2. The van der Waals surface area contributed by atoms with Gasteiger partial charge in [0, 0.05) is 29.2 Å². The standard InChI is InChI=1S/C21H22O3/c1-3-8-21-10-6-13(22)11-17(21)18(23)12-14-15-4-5-19(24)20(15,2)9-7-16(14)21/h6,8,10-11,14-16H,1,4-5,7,9,12H2,2H3/t14-,15-,16-,20-,21?/m0/s1. The summed E-state index contributed by atoms with van der Waals surface area (Å²) in [6.07, 6.45) is 10.6. The third-order valence-electron chi connectivity index (χ3n) is 7.10. The molecule has 0 heterocycles. The molecule has 3 heteroatoms. The molecule has 0 radical (unpaired) electrons. The molecule has 0 spiro atoms. The molecule has 0 aliphatic heterocycles. The minimum absolute atomic E-state index is 0.0454. The summed E-state index contributed by atoms with van der Waals surface area (Å²) >= 11 is 0. The largest absolute Gasteiger partial charge is 0.299 e. The van der Waals surface area contributed by atoms with E-state index >= 15 is 0 Å².